The summed E-state index contributed by atoms with van der Waals surface area (Å²) >= 11 is 0. The summed E-state index contributed by atoms with van der Waals surface area (Å²) < 4.78 is 0. The van der Waals surface area contributed by atoms with E-state index in [1.165, 1.54) is 14.0 Å². The molecule has 1 heterocycles. The minimum absolute atomic E-state index is 0.385. The van der Waals surface area contributed by atoms with E-state index in [1.54, 1.807) is 12.4 Å². The highest BCUT2D eigenvalue weighted by Gasteiger charge is 2.20. The van der Waals surface area contributed by atoms with Gasteiger partial charge in [0.15, 0.2) is 0 Å². The Bertz CT molecular complexity index is 391. The molecule has 1 rings (SSSR count). The third-order valence-corrected chi connectivity index (χ3v) is 2.68. The molecule has 0 saturated heterocycles. The van der Waals surface area contributed by atoms with Crippen molar-refractivity contribution in [2.45, 2.75) is 25.8 Å². The van der Waals surface area contributed by atoms with Crippen LogP contribution in [0.4, 0.5) is 4.79 Å². The maximum absolute atomic E-state index is 11.6. The number of carboxylic acids is 1. The Labute approximate surface area is 105 Å². The third-order valence-electron chi connectivity index (χ3n) is 2.68. The van der Waals surface area contributed by atoms with Gasteiger partial charge in [-0.1, -0.05) is 0 Å². The van der Waals surface area contributed by atoms with E-state index in [0.717, 1.165) is 23.6 Å². The number of hydrogen-bond acceptors (Lipinski definition) is 3. The number of likely N-dealkylation sites (N-methyl/N-ethyl adjacent to an activating group) is 1. The lowest BCUT2D eigenvalue weighted by atomic mass is 10.3. The molecule has 18 heavy (non-hydrogen) atoms. The summed E-state index contributed by atoms with van der Waals surface area (Å²) in [6, 6.07) is -1.22. The Morgan fingerprint density at radius 2 is 2.33 bits per heavy atom. The van der Waals surface area contributed by atoms with E-state index in [0.29, 0.717) is 6.54 Å². The highest BCUT2D eigenvalue weighted by molar-refractivity contribution is 5.82. The smallest absolute Gasteiger partial charge is 0.326 e. The van der Waals surface area contributed by atoms with Crippen molar-refractivity contribution in [3.63, 3.8) is 0 Å². The lowest BCUT2D eigenvalue weighted by Gasteiger charge is -2.21. The number of rotatable bonds is 6. The van der Waals surface area contributed by atoms with E-state index < -0.39 is 12.0 Å². The number of urea groups is 1. The van der Waals surface area contributed by atoms with Crippen LogP contribution in [0, 0.1) is 0 Å². The number of aromatic amines is 1. The molecule has 0 aliphatic rings. The molecule has 3 N–H and O–H groups in total. The molecule has 1 atom stereocenters. The monoisotopic (exact) mass is 254 g/mol. The fraction of sp³-hybridized carbons (Fsp3) is 0.545. The number of carbonyl (C=O) groups is 2. The first-order chi connectivity index (χ1) is 8.52. The molecular formula is C11H18N4O3. The normalized spacial score (nSPS) is 11.9. The van der Waals surface area contributed by atoms with Crippen LogP contribution in [0.5, 0.6) is 0 Å². The molecule has 100 valence electrons. The molecule has 7 nitrogen and oxygen atoms in total. The standard InChI is InChI=1S/C11H18N4O3/c1-8(10(16)17)15(2)11(18)14-5-3-4-9-12-6-7-13-9/h6-8H,3-5H2,1-2H3,(H,12,13)(H,14,18)(H,16,17). The van der Waals surface area contributed by atoms with E-state index in [9.17, 15) is 9.59 Å². The van der Waals surface area contributed by atoms with Gasteiger partial charge in [0.05, 0.1) is 0 Å². The van der Waals surface area contributed by atoms with E-state index in [1.807, 2.05) is 0 Å². The van der Waals surface area contributed by atoms with Crippen LogP contribution in [-0.2, 0) is 11.2 Å². The number of H-pyrrole nitrogens is 1. The predicted molar refractivity (Wildman–Crippen MR) is 65.2 cm³/mol. The highest BCUT2D eigenvalue weighted by atomic mass is 16.4. The van der Waals surface area contributed by atoms with Gasteiger partial charge < -0.3 is 20.3 Å². The fourth-order valence-electron chi connectivity index (χ4n) is 1.35. The minimum atomic E-state index is -1.02. The Morgan fingerprint density at radius 3 is 2.89 bits per heavy atom. The second-order valence-electron chi connectivity index (χ2n) is 4.00. The summed E-state index contributed by atoms with van der Waals surface area (Å²) in [6.07, 6.45) is 4.91. The second-order valence-corrected chi connectivity index (χ2v) is 4.00. The van der Waals surface area contributed by atoms with Gasteiger partial charge in [0, 0.05) is 32.4 Å². The van der Waals surface area contributed by atoms with Crippen molar-refractivity contribution in [2.75, 3.05) is 13.6 Å². The number of hydrogen-bond donors (Lipinski definition) is 3. The summed E-state index contributed by atoms with van der Waals surface area (Å²) in [7, 11) is 1.46. The van der Waals surface area contributed by atoms with Crippen molar-refractivity contribution in [1.82, 2.24) is 20.2 Å². The van der Waals surface area contributed by atoms with Gasteiger partial charge in [-0.3, -0.25) is 0 Å². The quantitative estimate of drug-likeness (QED) is 0.642. The molecule has 1 aromatic heterocycles. The van der Waals surface area contributed by atoms with Crippen molar-refractivity contribution < 1.29 is 14.7 Å². The van der Waals surface area contributed by atoms with E-state index >= 15 is 0 Å². The summed E-state index contributed by atoms with van der Waals surface area (Å²) in [6.45, 7) is 1.95. The number of imidazole rings is 1. The number of aromatic nitrogens is 2. The molecule has 1 unspecified atom stereocenters. The molecule has 0 fully saturated rings. The van der Waals surface area contributed by atoms with Crippen LogP contribution in [0.3, 0.4) is 0 Å². The Kier molecular flexibility index (Phi) is 5.16. The van der Waals surface area contributed by atoms with Gasteiger partial charge in [0.2, 0.25) is 0 Å². The van der Waals surface area contributed by atoms with Crippen molar-refractivity contribution in [3.8, 4) is 0 Å². The van der Waals surface area contributed by atoms with Crippen molar-refractivity contribution in [2.24, 2.45) is 0 Å². The first kappa shape index (κ1) is 14.0. The van der Waals surface area contributed by atoms with Gasteiger partial charge in [-0.25, -0.2) is 14.6 Å². The minimum Gasteiger partial charge on any atom is -0.480 e. The molecule has 0 radical (unpaired) electrons. The van der Waals surface area contributed by atoms with E-state index in [2.05, 4.69) is 15.3 Å². The molecule has 2 amide bonds. The molecule has 7 heteroatoms. The van der Waals surface area contributed by atoms with Crippen LogP contribution in [0.2, 0.25) is 0 Å². The Morgan fingerprint density at radius 1 is 1.61 bits per heavy atom. The molecule has 0 aliphatic heterocycles. The fourth-order valence-corrected chi connectivity index (χ4v) is 1.35. The summed E-state index contributed by atoms with van der Waals surface area (Å²) in [4.78, 5) is 30.5. The van der Waals surface area contributed by atoms with Crippen LogP contribution in [0.25, 0.3) is 0 Å². The summed E-state index contributed by atoms with van der Waals surface area (Å²) in [5.41, 5.74) is 0. The first-order valence-electron chi connectivity index (χ1n) is 5.74. The van der Waals surface area contributed by atoms with Crippen LogP contribution < -0.4 is 5.32 Å². The maximum Gasteiger partial charge on any atom is 0.326 e. The van der Waals surface area contributed by atoms with Gasteiger partial charge in [-0.15, -0.1) is 0 Å². The lowest BCUT2D eigenvalue weighted by Crippen LogP contribution is -2.46. The topological polar surface area (TPSA) is 98.3 Å². The molecular weight excluding hydrogens is 236 g/mol. The predicted octanol–water partition coefficient (Wildman–Crippen LogP) is 0.457. The average Bonchev–Trinajstić information content (AvgIpc) is 2.85. The van der Waals surface area contributed by atoms with Gasteiger partial charge >= 0.3 is 12.0 Å². The maximum atomic E-state index is 11.6. The Hall–Kier alpha value is -2.05. The molecule has 0 aromatic carbocycles. The van der Waals surface area contributed by atoms with Crippen LogP contribution in [0.15, 0.2) is 12.4 Å². The van der Waals surface area contributed by atoms with E-state index in [4.69, 9.17) is 5.11 Å². The lowest BCUT2D eigenvalue weighted by molar-refractivity contribution is -0.141. The van der Waals surface area contributed by atoms with Crippen molar-refractivity contribution in [1.29, 1.82) is 0 Å². The second kappa shape index (κ2) is 6.63. The summed E-state index contributed by atoms with van der Waals surface area (Å²) in [5.74, 6) is -0.153. The van der Waals surface area contributed by atoms with Crippen LogP contribution >= 0.6 is 0 Å². The molecule has 0 aliphatic carbocycles. The molecule has 0 spiro atoms. The number of amides is 2. The Balaban J connectivity index is 2.22. The third kappa shape index (κ3) is 4.08. The van der Waals surface area contributed by atoms with Gasteiger partial charge in [0.25, 0.3) is 0 Å². The van der Waals surface area contributed by atoms with Crippen molar-refractivity contribution >= 4 is 12.0 Å². The highest BCUT2D eigenvalue weighted by Crippen LogP contribution is 1.97. The number of carboxylic acid groups (broad SMARTS) is 1. The van der Waals surface area contributed by atoms with Crippen molar-refractivity contribution in [3.05, 3.63) is 18.2 Å². The SMILES string of the molecule is CC(C(=O)O)N(C)C(=O)NCCCc1ncc[nH]1. The summed E-state index contributed by atoms with van der Waals surface area (Å²) in [5, 5.41) is 11.4. The molecule has 0 bridgehead atoms. The average molecular weight is 254 g/mol. The molecule has 0 saturated carbocycles. The van der Waals surface area contributed by atoms with E-state index in [-0.39, 0.29) is 6.03 Å². The van der Waals surface area contributed by atoms with Gasteiger partial charge in [-0.05, 0) is 13.3 Å². The van der Waals surface area contributed by atoms with Gasteiger partial charge in [0.1, 0.15) is 11.9 Å². The first-order valence-corrected chi connectivity index (χ1v) is 5.74. The largest absolute Gasteiger partial charge is 0.480 e. The van der Waals surface area contributed by atoms with Crippen LogP contribution in [-0.4, -0.2) is 51.6 Å². The number of carbonyl (C=O) groups excluding carboxylic acids is 1. The van der Waals surface area contributed by atoms with Crippen LogP contribution in [0.1, 0.15) is 19.2 Å². The van der Waals surface area contributed by atoms with Gasteiger partial charge in [-0.2, -0.15) is 0 Å². The zero-order valence-corrected chi connectivity index (χ0v) is 10.5. The molecule has 1 aromatic rings. The zero-order chi connectivity index (χ0) is 13.5. The number of nitrogens with zero attached hydrogens (tertiary/aromatic N) is 2. The zero-order valence-electron chi connectivity index (χ0n) is 10.5. The number of nitrogens with one attached hydrogen (secondary N) is 2. The number of aliphatic carboxylic acids is 1. The number of aryl methyl sites for hydroxylation is 1.